The summed E-state index contributed by atoms with van der Waals surface area (Å²) in [7, 11) is 0. The molecule has 0 aromatic heterocycles. The molecule has 1 fully saturated rings. The number of carbonyl (C=O) groups excluding carboxylic acids is 2. The molecular weight excluding hydrogens is 254 g/mol. The van der Waals surface area contributed by atoms with E-state index in [1.165, 1.54) is 0 Å². The fourth-order valence-corrected chi connectivity index (χ4v) is 2.20. The van der Waals surface area contributed by atoms with E-state index in [1.54, 1.807) is 0 Å². The SMILES string of the molecule is N#CC(Cc1ccccc1)C(=O)NC1CCC(=O)NC1. The van der Waals surface area contributed by atoms with Gasteiger partial charge in [-0.2, -0.15) is 5.26 Å². The van der Waals surface area contributed by atoms with Crippen LogP contribution in [0.15, 0.2) is 30.3 Å². The number of rotatable bonds is 4. The summed E-state index contributed by atoms with van der Waals surface area (Å²) in [5.74, 6) is -0.954. The van der Waals surface area contributed by atoms with Crippen LogP contribution in [-0.2, 0) is 16.0 Å². The Morgan fingerprint density at radius 3 is 2.80 bits per heavy atom. The van der Waals surface area contributed by atoms with Crippen LogP contribution >= 0.6 is 0 Å². The molecule has 2 unspecified atom stereocenters. The normalized spacial score (nSPS) is 19.6. The highest BCUT2D eigenvalue weighted by Crippen LogP contribution is 2.10. The second kappa shape index (κ2) is 6.71. The summed E-state index contributed by atoms with van der Waals surface area (Å²) in [5, 5.41) is 14.7. The minimum Gasteiger partial charge on any atom is -0.354 e. The van der Waals surface area contributed by atoms with Gasteiger partial charge < -0.3 is 10.6 Å². The van der Waals surface area contributed by atoms with Crippen molar-refractivity contribution in [1.29, 1.82) is 5.26 Å². The monoisotopic (exact) mass is 271 g/mol. The topological polar surface area (TPSA) is 82.0 Å². The average molecular weight is 271 g/mol. The molecular formula is C15H17N3O2. The Kier molecular flexibility index (Phi) is 4.72. The third kappa shape index (κ3) is 3.82. The maximum absolute atomic E-state index is 12.1. The van der Waals surface area contributed by atoms with Crippen molar-refractivity contribution in [2.75, 3.05) is 6.54 Å². The molecule has 20 heavy (non-hydrogen) atoms. The Labute approximate surface area is 118 Å². The predicted octanol–water partition coefficient (Wildman–Crippen LogP) is 0.764. The zero-order valence-corrected chi connectivity index (χ0v) is 11.1. The molecule has 1 heterocycles. The molecule has 0 saturated carbocycles. The van der Waals surface area contributed by atoms with Crippen LogP contribution < -0.4 is 10.6 Å². The third-order valence-electron chi connectivity index (χ3n) is 3.37. The molecule has 0 radical (unpaired) electrons. The summed E-state index contributed by atoms with van der Waals surface area (Å²) in [6.07, 6.45) is 1.45. The number of amides is 2. The Balaban J connectivity index is 1.89. The number of nitrogens with zero attached hydrogens (tertiary/aromatic N) is 1. The van der Waals surface area contributed by atoms with Crippen molar-refractivity contribution in [3.05, 3.63) is 35.9 Å². The van der Waals surface area contributed by atoms with Crippen LogP contribution in [0.5, 0.6) is 0 Å². The van der Waals surface area contributed by atoms with Gasteiger partial charge in [0.25, 0.3) is 0 Å². The molecule has 2 atom stereocenters. The zero-order valence-electron chi connectivity index (χ0n) is 11.1. The van der Waals surface area contributed by atoms with E-state index in [0.717, 1.165) is 5.56 Å². The van der Waals surface area contributed by atoms with Crippen molar-refractivity contribution < 1.29 is 9.59 Å². The minimum absolute atomic E-state index is 0.0108. The van der Waals surface area contributed by atoms with E-state index in [4.69, 9.17) is 5.26 Å². The highest BCUT2D eigenvalue weighted by molar-refractivity contribution is 5.82. The molecule has 1 aromatic carbocycles. The second-order valence-corrected chi connectivity index (χ2v) is 4.92. The van der Waals surface area contributed by atoms with E-state index in [-0.39, 0.29) is 17.9 Å². The summed E-state index contributed by atoms with van der Waals surface area (Å²) >= 11 is 0. The summed E-state index contributed by atoms with van der Waals surface area (Å²) in [6, 6.07) is 11.4. The number of benzene rings is 1. The molecule has 0 spiro atoms. The molecule has 2 amide bonds. The van der Waals surface area contributed by atoms with E-state index >= 15 is 0 Å². The zero-order chi connectivity index (χ0) is 14.4. The number of piperidine rings is 1. The van der Waals surface area contributed by atoms with Gasteiger partial charge in [0.1, 0.15) is 5.92 Å². The van der Waals surface area contributed by atoms with Crippen LogP contribution in [-0.4, -0.2) is 24.4 Å². The largest absolute Gasteiger partial charge is 0.354 e. The maximum atomic E-state index is 12.1. The van der Waals surface area contributed by atoms with Gasteiger partial charge in [0, 0.05) is 19.0 Å². The number of hydrogen-bond acceptors (Lipinski definition) is 3. The van der Waals surface area contributed by atoms with Gasteiger partial charge >= 0.3 is 0 Å². The molecule has 0 aliphatic carbocycles. The van der Waals surface area contributed by atoms with Gasteiger partial charge in [-0.05, 0) is 18.4 Å². The summed E-state index contributed by atoms with van der Waals surface area (Å²) in [6.45, 7) is 0.439. The van der Waals surface area contributed by atoms with Crippen LogP contribution in [0.25, 0.3) is 0 Å². The van der Waals surface area contributed by atoms with Crippen molar-refractivity contribution >= 4 is 11.8 Å². The molecule has 1 aromatic rings. The van der Waals surface area contributed by atoms with E-state index in [9.17, 15) is 9.59 Å². The smallest absolute Gasteiger partial charge is 0.237 e. The van der Waals surface area contributed by atoms with Gasteiger partial charge in [-0.25, -0.2) is 0 Å². The Hall–Kier alpha value is -2.35. The molecule has 1 aliphatic rings. The first-order chi connectivity index (χ1) is 9.69. The quantitative estimate of drug-likeness (QED) is 0.848. The first-order valence-corrected chi connectivity index (χ1v) is 6.69. The highest BCUT2D eigenvalue weighted by Gasteiger charge is 2.24. The van der Waals surface area contributed by atoms with Crippen molar-refractivity contribution in [2.24, 2.45) is 5.92 Å². The molecule has 5 heteroatoms. The summed E-state index contributed by atoms with van der Waals surface area (Å²) in [5.41, 5.74) is 0.964. The molecule has 1 saturated heterocycles. The summed E-state index contributed by atoms with van der Waals surface area (Å²) in [4.78, 5) is 23.1. The van der Waals surface area contributed by atoms with Crippen LogP contribution in [0, 0.1) is 17.2 Å². The highest BCUT2D eigenvalue weighted by atomic mass is 16.2. The maximum Gasteiger partial charge on any atom is 0.237 e. The lowest BCUT2D eigenvalue weighted by atomic mass is 9.98. The van der Waals surface area contributed by atoms with Crippen LogP contribution in [0.3, 0.4) is 0 Å². The van der Waals surface area contributed by atoms with E-state index in [1.807, 2.05) is 36.4 Å². The molecule has 2 N–H and O–H groups in total. The van der Waals surface area contributed by atoms with E-state index < -0.39 is 5.92 Å². The molecule has 5 nitrogen and oxygen atoms in total. The molecule has 0 bridgehead atoms. The number of carbonyl (C=O) groups is 2. The number of nitriles is 1. The van der Waals surface area contributed by atoms with Crippen LogP contribution in [0.2, 0.25) is 0 Å². The second-order valence-electron chi connectivity index (χ2n) is 4.92. The lowest BCUT2D eigenvalue weighted by Crippen LogP contribution is -2.49. The summed E-state index contributed by atoms with van der Waals surface area (Å²) < 4.78 is 0. The van der Waals surface area contributed by atoms with Gasteiger partial charge in [0.05, 0.1) is 6.07 Å². The van der Waals surface area contributed by atoms with Gasteiger partial charge in [-0.15, -0.1) is 0 Å². The average Bonchev–Trinajstić information content (AvgIpc) is 2.48. The van der Waals surface area contributed by atoms with Crippen molar-refractivity contribution in [3.63, 3.8) is 0 Å². The fourth-order valence-electron chi connectivity index (χ4n) is 2.20. The van der Waals surface area contributed by atoms with Gasteiger partial charge in [-0.1, -0.05) is 30.3 Å². The molecule has 1 aliphatic heterocycles. The number of hydrogen-bond donors (Lipinski definition) is 2. The van der Waals surface area contributed by atoms with Gasteiger partial charge in [0.2, 0.25) is 11.8 Å². The van der Waals surface area contributed by atoms with Gasteiger partial charge in [-0.3, -0.25) is 9.59 Å². The Bertz CT molecular complexity index is 512. The van der Waals surface area contributed by atoms with Gasteiger partial charge in [0.15, 0.2) is 0 Å². The fraction of sp³-hybridized carbons (Fsp3) is 0.400. The van der Waals surface area contributed by atoms with Crippen LogP contribution in [0.4, 0.5) is 0 Å². The lowest BCUT2D eigenvalue weighted by molar-refractivity contribution is -0.126. The van der Waals surface area contributed by atoms with Crippen molar-refractivity contribution in [3.8, 4) is 6.07 Å². The third-order valence-corrected chi connectivity index (χ3v) is 3.37. The van der Waals surface area contributed by atoms with Crippen molar-refractivity contribution in [2.45, 2.75) is 25.3 Å². The van der Waals surface area contributed by atoms with E-state index in [0.29, 0.717) is 25.8 Å². The Morgan fingerprint density at radius 2 is 2.20 bits per heavy atom. The Morgan fingerprint density at radius 1 is 1.45 bits per heavy atom. The van der Waals surface area contributed by atoms with Crippen molar-refractivity contribution in [1.82, 2.24) is 10.6 Å². The first kappa shape index (κ1) is 14.1. The molecule has 2 rings (SSSR count). The van der Waals surface area contributed by atoms with E-state index in [2.05, 4.69) is 10.6 Å². The first-order valence-electron chi connectivity index (χ1n) is 6.69. The lowest BCUT2D eigenvalue weighted by Gasteiger charge is -2.24. The predicted molar refractivity (Wildman–Crippen MR) is 73.4 cm³/mol. The number of nitrogens with one attached hydrogen (secondary N) is 2. The van der Waals surface area contributed by atoms with Crippen LogP contribution in [0.1, 0.15) is 18.4 Å². The molecule has 104 valence electrons. The standard InChI is InChI=1S/C15H17N3O2/c16-9-12(8-11-4-2-1-3-5-11)15(20)18-13-6-7-14(19)17-10-13/h1-5,12-13H,6-8,10H2,(H,17,19)(H,18,20). The minimum atomic E-state index is -0.699.